The van der Waals surface area contributed by atoms with Gasteiger partial charge in [0.25, 0.3) is 5.69 Å². The van der Waals surface area contributed by atoms with E-state index in [0.29, 0.717) is 5.69 Å². The number of nitro benzene ring substituents is 1. The number of nitrogens with zero attached hydrogens (tertiary/aromatic N) is 2. The maximum atomic E-state index is 11.9. The summed E-state index contributed by atoms with van der Waals surface area (Å²) in [6.45, 7) is 1.39. The van der Waals surface area contributed by atoms with Crippen molar-refractivity contribution in [2.75, 3.05) is 18.5 Å². The van der Waals surface area contributed by atoms with Gasteiger partial charge in [0.15, 0.2) is 6.10 Å². The Bertz CT molecular complexity index is 553. The third-order valence-corrected chi connectivity index (χ3v) is 2.33. The van der Waals surface area contributed by atoms with E-state index in [0.717, 1.165) is 6.07 Å². The Labute approximate surface area is 114 Å². The van der Waals surface area contributed by atoms with Crippen LogP contribution < -0.4 is 5.32 Å². The number of carbonyl (C=O) groups is 1. The molecular formula is C12H13N3O5. The van der Waals surface area contributed by atoms with Crippen LogP contribution in [0.2, 0.25) is 0 Å². The molecular weight excluding hydrogens is 266 g/mol. The highest BCUT2D eigenvalue weighted by atomic mass is 16.6. The average Bonchev–Trinajstić information content (AvgIpc) is 2.44. The monoisotopic (exact) mass is 279 g/mol. The fourth-order valence-electron chi connectivity index (χ4n) is 1.41. The van der Waals surface area contributed by atoms with Gasteiger partial charge in [0.1, 0.15) is 6.07 Å². The van der Waals surface area contributed by atoms with Gasteiger partial charge in [-0.15, -0.1) is 0 Å². The van der Waals surface area contributed by atoms with Crippen LogP contribution >= 0.6 is 0 Å². The first-order chi connectivity index (χ1) is 9.49. The summed E-state index contributed by atoms with van der Waals surface area (Å²) in [5.41, 5.74) is -0.0364. The smallest absolute Gasteiger partial charge is 0.341 e. The summed E-state index contributed by atoms with van der Waals surface area (Å²) in [4.78, 5) is 22.0. The van der Waals surface area contributed by atoms with Gasteiger partial charge in [-0.2, -0.15) is 5.26 Å². The summed E-state index contributed by atoms with van der Waals surface area (Å²) >= 11 is 0. The first-order valence-corrected chi connectivity index (χ1v) is 5.73. The Morgan fingerprint density at radius 1 is 1.65 bits per heavy atom. The van der Waals surface area contributed by atoms with E-state index in [-0.39, 0.29) is 24.4 Å². The van der Waals surface area contributed by atoms with E-state index < -0.39 is 17.0 Å². The van der Waals surface area contributed by atoms with E-state index in [4.69, 9.17) is 15.1 Å². The maximum Gasteiger partial charge on any atom is 0.341 e. The predicted octanol–water partition coefficient (Wildman–Crippen LogP) is 1.07. The molecule has 0 saturated heterocycles. The molecule has 0 spiro atoms. The topological polar surface area (TPSA) is 125 Å². The lowest BCUT2D eigenvalue weighted by Gasteiger charge is -2.11. The van der Waals surface area contributed by atoms with Crippen molar-refractivity contribution in [2.24, 2.45) is 0 Å². The number of esters is 1. The second kappa shape index (κ2) is 7.06. The zero-order valence-electron chi connectivity index (χ0n) is 10.7. The quantitative estimate of drug-likeness (QED) is 0.453. The number of aliphatic hydroxyl groups excluding tert-OH is 1. The second-order valence-corrected chi connectivity index (χ2v) is 3.81. The van der Waals surface area contributed by atoms with E-state index in [1.165, 1.54) is 19.1 Å². The van der Waals surface area contributed by atoms with Crippen LogP contribution in [-0.4, -0.2) is 35.3 Å². The SMILES string of the molecule is C[C@H](C#N)OC(=O)c1cc([N+](=O)[O-])ccc1NCCO. The third-order valence-electron chi connectivity index (χ3n) is 2.33. The maximum absolute atomic E-state index is 11.9. The molecule has 1 aromatic rings. The molecule has 8 nitrogen and oxygen atoms in total. The minimum absolute atomic E-state index is 0.0604. The van der Waals surface area contributed by atoms with E-state index >= 15 is 0 Å². The number of ether oxygens (including phenoxy) is 1. The molecule has 8 heteroatoms. The molecule has 0 amide bonds. The lowest BCUT2D eigenvalue weighted by atomic mass is 10.1. The highest BCUT2D eigenvalue weighted by Crippen LogP contribution is 2.23. The fraction of sp³-hybridized carbons (Fsp3) is 0.333. The molecule has 0 aliphatic carbocycles. The van der Waals surface area contributed by atoms with Gasteiger partial charge in [-0.1, -0.05) is 0 Å². The summed E-state index contributed by atoms with van der Waals surface area (Å²) < 4.78 is 4.82. The number of non-ortho nitro benzene ring substituents is 1. The number of anilines is 1. The summed E-state index contributed by atoms with van der Waals surface area (Å²) in [6.07, 6.45) is -0.965. The van der Waals surface area contributed by atoms with Crippen LogP contribution in [0.15, 0.2) is 18.2 Å². The predicted molar refractivity (Wildman–Crippen MR) is 69.2 cm³/mol. The first kappa shape index (κ1) is 15.4. The molecule has 20 heavy (non-hydrogen) atoms. The third kappa shape index (κ3) is 3.93. The summed E-state index contributed by atoms with van der Waals surface area (Å²) in [7, 11) is 0. The van der Waals surface area contributed by atoms with Crippen LogP contribution in [0.4, 0.5) is 11.4 Å². The van der Waals surface area contributed by atoms with Crippen molar-refractivity contribution >= 4 is 17.3 Å². The van der Waals surface area contributed by atoms with Crippen LogP contribution in [0.1, 0.15) is 17.3 Å². The normalized spacial score (nSPS) is 11.2. The molecule has 0 aliphatic heterocycles. The van der Waals surface area contributed by atoms with Crippen LogP contribution in [0, 0.1) is 21.4 Å². The number of benzene rings is 1. The first-order valence-electron chi connectivity index (χ1n) is 5.73. The molecule has 2 N–H and O–H groups in total. The van der Waals surface area contributed by atoms with Gasteiger partial charge in [-0.25, -0.2) is 4.79 Å². The number of nitro groups is 1. The van der Waals surface area contributed by atoms with Crippen molar-refractivity contribution < 1.29 is 19.6 Å². The van der Waals surface area contributed by atoms with E-state index in [1.807, 2.05) is 0 Å². The number of carbonyl (C=O) groups excluding carboxylic acids is 1. The lowest BCUT2D eigenvalue weighted by Crippen LogP contribution is -2.16. The number of hydrogen-bond acceptors (Lipinski definition) is 7. The van der Waals surface area contributed by atoms with Crippen LogP contribution in [-0.2, 0) is 4.74 Å². The minimum atomic E-state index is -0.965. The van der Waals surface area contributed by atoms with Gasteiger partial charge in [0.2, 0.25) is 0 Å². The van der Waals surface area contributed by atoms with Gasteiger partial charge in [0, 0.05) is 24.4 Å². The van der Waals surface area contributed by atoms with Crippen molar-refractivity contribution in [2.45, 2.75) is 13.0 Å². The van der Waals surface area contributed by atoms with Crippen LogP contribution in [0.25, 0.3) is 0 Å². The van der Waals surface area contributed by atoms with Crippen molar-refractivity contribution in [3.63, 3.8) is 0 Å². The summed E-state index contributed by atoms with van der Waals surface area (Å²) in [5, 5.41) is 30.8. The molecule has 0 fully saturated rings. The number of nitrogens with one attached hydrogen (secondary N) is 1. The molecule has 106 valence electrons. The molecule has 0 radical (unpaired) electrons. The summed E-state index contributed by atoms with van der Waals surface area (Å²) in [6, 6.07) is 5.36. The molecule has 0 saturated carbocycles. The van der Waals surface area contributed by atoms with Crippen molar-refractivity contribution in [1.29, 1.82) is 5.26 Å². The zero-order chi connectivity index (χ0) is 15.1. The highest BCUT2D eigenvalue weighted by molar-refractivity contribution is 5.96. The van der Waals surface area contributed by atoms with Gasteiger partial charge in [0.05, 0.1) is 17.1 Å². The standard InChI is InChI=1S/C12H13N3O5/c1-8(7-13)20-12(17)10-6-9(15(18)19)2-3-11(10)14-4-5-16/h2-3,6,8,14,16H,4-5H2,1H3/t8-/m1/s1. The minimum Gasteiger partial charge on any atom is -0.444 e. The molecule has 0 unspecified atom stereocenters. The molecule has 0 aromatic heterocycles. The lowest BCUT2D eigenvalue weighted by molar-refractivity contribution is -0.384. The van der Waals surface area contributed by atoms with Gasteiger partial charge < -0.3 is 15.2 Å². The van der Waals surface area contributed by atoms with Crippen LogP contribution in [0.3, 0.4) is 0 Å². The Morgan fingerprint density at radius 2 is 2.35 bits per heavy atom. The Morgan fingerprint density at radius 3 is 2.90 bits per heavy atom. The van der Waals surface area contributed by atoms with Crippen molar-refractivity contribution in [3.05, 3.63) is 33.9 Å². The van der Waals surface area contributed by atoms with Crippen LogP contribution in [0.5, 0.6) is 0 Å². The number of rotatable bonds is 6. The van der Waals surface area contributed by atoms with Gasteiger partial charge in [-0.05, 0) is 13.0 Å². The number of aliphatic hydroxyl groups is 1. The fourth-order valence-corrected chi connectivity index (χ4v) is 1.41. The Balaban J connectivity index is 3.10. The van der Waals surface area contributed by atoms with E-state index in [1.54, 1.807) is 6.07 Å². The second-order valence-electron chi connectivity index (χ2n) is 3.81. The zero-order valence-corrected chi connectivity index (χ0v) is 10.7. The van der Waals surface area contributed by atoms with Crippen molar-refractivity contribution in [1.82, 2.24) is 0 Å². The largest absolute Gasteiger partial charge is 0.444 e. The average molecular weight is 279 g/mol. The molecule has 1 rings (SSSR count). The summed E-state index contributed by atoms with van der Waals surface area (Å²) in [5.74, 6) is -0.844. The molecule has 0 bridgehead atoms. The highest BCUT2D eigenvalue weighted by Gasteiger charge is 2.19. The Kier molecular flexibility index (Phi) is 5.43. The molecule has 1 atom stereocenters. The molecule has 1 aromatic carbocycles. The van der Waals surface area contributed by atoms with Crippen molar-refractivity contribution in [3.8, 4) is 6.07 Å². The molecule has 0 aliphatic rings. The number of hydrogen-bond donors (Lipinski definition) is 2. The van der Waals surface area contributed by atoms with E-state index in [9.17, 15) is 14.9 Å². The number of nitriles is 1. The van der Waals surface area contributed by atoms with Gasteiger partial charge in [-0.3, -0.25) is 10.1 Å². The van der Waals surface area contributed by atoms with Gasteiger partial charge >= 0.3 is 5.97 Å². The Hall–Kier alpha value is -2.66. The molecule has 0 heterocycles. The van der Waals surface area contributed by atoms with E-state index in [2.05, 4.69) is 5.32 Å².